The zero-order valence-corrected chi connectivity index (χ0v) is 13.3. The summed E-state index contributed by atoms with van der Waals surface area (Å²) in [5.74, 6) is -0.108. The zero-order valence-electron chi connectivity index (χ0n) is 13.3. The summed E-state index contributed by atoms with van der Waals surface area (Å²) in [6.45, 7) is 1.30. The van der Waals surface area contributed by atoms with E-state index in [2.05, 4.69) is 15.4 Å². The van der Waals surface area contributed by atoms with Crippen molar-refractivity contribution < 1.29 is 14.6 Å². The predicted molar refractivity (Wildman–Crippen MR) is 85.7 cm³/mol. The first-order chi connectivity index (χ1) is 11.7. The van der Waals surface area contributed by atoms with E-state index in [-0.39, 0.29) is 23.5 Å². The number of nitrogens with zero attached hydrogens (tertiary/aromatic N) is 3. The molecule has 126 valence electrons. The number of aliphatic hydroxyl groups excluding tert-OH is 1. The van der Waals surface area contributed by atoms with Gasteiger partial charge in [-0.2, -0.15) is 5.10 Å². The molecule has 1 aliphatic carbocycles. The molecule has 7 nitrogen and oxygen atoms in total. The highest BCUT2D eigenvalue weighted by Crippen LogP contribution is 2.49. The van der Waals surface area contributed by atoms with Crippen molar-refractivity contribution in [3.05, 3.63) is 42.5 Å². The molecule has 7 heteroatoms. The van der Waals surface area contributed by atoms with E-state index in [9.17, 15) is 9.90 Å². The molecule has 4 rings (SSSR count). The van der Waals surface area contributed by atoms with Gasteiger partial charge in [0.2, 0.25) is 0 Å². The van der Waals surface area contributed by atoms with Crippen molar-refractivity contribution in [3.8, 4) is 5.69 Å². The summed E-state index contributed by atoms with van der Waals surface area (Å²) in [5, 5.41) is 17.3. The molecule has 1 amide bonds. The number of aliphatic hydroxyl groups is 1. The lowest BCUT2D eigenvalue weighted by atomic mass is 9.58. The minimum absolute atomic E-state index is 0.0129. The second-order valence-corrected chi connectivity index (χ2v) is 6.51. The first-order valence-electron chi connectivity index (χ1n) is 8.21. The Hall–Kier alpha value is -2.25. The summed E-state index contributed by atoms with van der Waals surface area (Å²) in [6.07, 6.45) is 4.94. The Labute approximate surface area is 139 Å². The Morgan fingerprint density at radius 2 is 2.04 bits per heavy atom. The number of carbonyl (C=O) groups is 1. The Balaban J connectivity index is 1.45. The van der Waals surface area contributed by atoms with Crippen LogP contribution in [0.25, 0.3) is 5.69 Å². The molecule has 1 saturated carbocycles. The van der Waals surface area contributed by atoms with Crippen molar-refractivity contribution in [1.29, 1.82) is 0 Å². The van der Waals surface area contributed by atoms with Crippen LogP contribution in [0.1, 0.15) is 29.6 Å². The normalized spacial score (nSPS) is 25.2. The van der Waals surface area contributed by atoms with E-state index in [1.54, 1.807) is 23.1 Å². The summed E-state index contributed by atoms with van der Waals surface area (Å²) in [5.41, 5.74) is 1.24. The van der Waals surface area contributed by atoms with Gasteiger partial charge in [0.1, 0.15) is 12.7 Å². The molecular formula is C17H20N4O3. The number of benzene rings is 1. The maximum Gasteiger partial charge on any atom is 0.251 e. The molecule has 2 atom stereocenters. The van der Waals surface area contributed by atoms with Gasteiger partial charge in [-0.15, -0.1) is 0 Å². The lowest BCUT2D eigenvalue weighted by molar-refractivity contribution is -0.145. The average molecular weight is 328 g/mol. The van der Waals surface area contributed by atoms with Gasteiger partial charge in [-0.25, -0.2) is 9.67 Å². The number of ether oxygens (including phenoxy) is 1. The van der Waals surface area contributed by atoms with Crippen LogP contribution in [0.15, 0.2) is 36.9 Å². The fourth-order valence-corrected chi connectivity index (χ4v) is 3.75. The van der Waals surface area contributed by atoms with Crippen LogP contribution in [0.5, 0.6) is 0 Å². The maximum atomic E-state index is 12.5. The van der Waals surface area contributed by atoms with Gasteiger partial charge in [0, 0.05) is 30.2 Å². The van der Waals surface area contributed by atoms with Gasteiger partial charge >= 0.3 is 0 Å². The zero-order chi connectivity index (χ0) is 16.6. The number of hydrogen-bond acceptors (Lipinski definition) is 5. The summed E-state index contributed by atoms with van der Waals surface area (Å²) < 4.78 is 7.04. The van der Waals surface area contributed by atoms with E-state index in [0.717, 1.165) is 18.5 Å². The van der Waals surface area contributed by atoms with Crippen molar-refractivity contribution in [3.63, 3.8) is 0 Å². The molecule has 0 unspecified atom stereocenters. The van der Waals surface area contributed by atoms with E-state index in [1.807, 2.05) is 12.1 Å². The van der Waals surface area contributed by atoms with Gasteiger partial charge in [-0.05, 0) is 43.5 Å². The van der Waals surface area contributed by atoms with Crippen molar-refractivity contribution in [1.82, 2.24) is 20.1 Å². The molecular weight excluding hydrogens is 308 g/mol. The molecule has 2 N–H and O–H groups in total. The molecule has 24 heavy (non-hydrogen) atoms. The van der Waals surface area contributed by atoms with E-state index in [0.29, 0.717) is 25.2 Å². The summed E-state index contributed by atoms with van der Waals surface area (Å²) in [7, 11) is 0. The van der Waals surface area contributed by atoms with Crippen LogP contribution in [0.3, 0.4) is 0 Å². The quantitative estimate of drug-likeness (QED) is 0.875. The lowest BCUT2D eigenvalue weighted by Gasteiger charge is -2.55. The third-order valence-corrected chi connectivity index (χ3v) is 5.36. The van der Waals surface area contributed by atoms with Crippen LogP contribution in [-0.4, -0.2) is 51.1 Å². The summed E-state index contributed by atoms with van der Waals surface area (Å²) in [6, 6.07) is 7.24. The van der Waals surface area contributed by atoms with Crippen LogP contribution in [-0.2, 0) is 4.74 Å². The third-order valence-electron chi connectivity index (χ3n) is 5.36. The Kier molecular flexibility index (Phi) is 3.82. The smallest absolute Gasteiger partial charge is 0.251 e. The number of nitrogens with one attached hydrogen (secondary N) is 1. The number of hydrogen-bond donors (Lipinski definition) is 2. The molecule has 1 saturated heterocycles. The number of aromatic nitrogens is 3. The topological polar surface area (TPSA) is 89.3 Å². The van der Waals surface area contributed by atoms with Crippen molar-refractivity contribution >= 4 is 5.91 Å². The Morgan fingerprint density at radius 3 is 2.67 bits per heavy atom. The highest BCUT2D eigenvalue weighted by molar-refractivity contribution is 5.94. The Morgan fingerprint density at radius 1 is 1.29 bits per heavy atom. The SMILES string of the molecule is O=C(N[C@@H]1C[C@@H](O)C12CCOCC2)c1ccc(-n2cncn2)cc1. The van der Waals surface area contributed by atoms with E-state index in [1.165, 1.54) is 6.33 Å². The fraction of sp³-hybridized carbons (Fsp3) is 0.471. The standard InChI is InChI=1S/C17H20N4O3/c22-15-9-14(17(15)5-7-24-8-6-17)20-16(23)12-1-3-13(4-2-12)21-11-18-10-19-21/h1-4,10-11,14-15,22H,5-9H2,(H,20,23)/t14-,15-/m1/s1. The lowest BCUT2D eigenvalue weighted by Crippen LogP contribution is -2.65. The molecule has 2 fully saturated rings. The van der Waals surface area contributed by atoms with Gasteiger partial charge in [0.15, 0.2) is 0 Å². The summed E-state index contributed by atoms with van der Waals surface area (Å²) in [4.78, 5) is 16.4. The maximum absolute atomic E-state index is 12.5. The minimum atomic E-state index is -0.346. The largest absolute Gasteiger partial charge is 0.392 e. The summed E-state index contributed by atoms with van der Waals surface area (Å²) >= 11 is 0. The van der Waals surface area contributed by atoms with Crippen molar-refractivity contribution in [2.75, 3.05) is 13.2 Å². The van der Waals surface area contributed by atoms with Crippen molar-refractivity contribution in [2.24, 2.45) is 5.41 Å². The van der Waals surface area contributed by atoms with Crippen molar-refractivity contribution in [2.45, 2.75) is 31.4 Å². The average Bonchev–Trinajstić information content (AvgIpc) is 3.17. The van der Waals surface area contributed by atoms with Gasteiger partial charge in [0.25, 0.3) is 5.91 Å². The van der Waals surface area contributed by atoms with Crippen LogP contribution < -0.4 is 5.32 Å². The predicted octanol–water partition coefficient (Wildman–Crippen LogP) is 0.927. The van der Waals surface area contributed by atoms with Crippen LogP contribution in [0.2, 0.25) is 0 Å². The number of amides is 1. The first-order valence-corrected chi connectivity index (χ1v) is 8.21. The molecule has 2 heterocycles. The third kappa shape index (κ3) is 2.50. The van der Waals surface area contributed by atoms with Gasteiger partial charge in [0.05, 0.1) is 11.8 Å². The van der Waals surface area contributed by atoms with Crippen LogP contribution in [0.4, 0.5) is 0 Å². The molecule has 1 aromatic heterocycles. The molecule has 0 bridgehead atoms. The van der Waals surface area contributed by atoms with E-state index >= 15 is 0 Å². The molecule has 1 aromatic carbocycles. The van der Waals surface area contributed by atoms with E-state index in [4.69, 9.17) is 4.74 Å². The second-order valence-electron chi connectivity index (χ2n) is 6.51. The van der Waals surface area contributed by atoms with Crippen LogP contribution in [0, 0.1) is 5.41 Å². The van der Waals surface area contributed by atoms with Gasteiger partial charge in [-0.3, -0.25) is 4.79 Å². The molecule has 2 aliphatic rings. The molecule has 2 aromatic rings. The van der Waals surface area contributed by atoms with E-state index < -0.39 is 0 Å². The monoisotopic (exact) mass is 328 g/mol. The number of rotatable bonds is 3. The number of carbonyl (C=O) groups excluding carboxylic acids is 1. The fourth-order valence-electron chi connectivity index (χ4n) is 3.75. The highest BCUT2D eigenvalue weighted by Gasteiger charge is 2.55. The van der Waals surface area contributed by atoms with Gasteiger partial charge in [-0.1, -0.05) is 0 Å². The molecule has 1 spiro atoms. The van der Waals surface area contributed by atoms with Crippen LogP contribution >= 0.6 is 0 Å². The Bertz CT molecular complexity index is 708. The highest BCUT2D eigenvalue weighted by atomic mass is 16.5. The molecule has 1 aliphatic heterocycles. The van der Waals surface area contributed by atoms with Gasteiger partial charge < -0.3 is 15.2 Å². The molecule has 0 radical (unpaired) electrons. The minimum Gasteiger partial charge on any atom is -0.392 e. The second kappa shape index (κ2) is 5.99. The first kappa shape index (κ1) is 15.3.